The summed E-state index contributed by atoms with van der Waals surface area (Å²) < 4.78 is 12.9. The van der Waals surface area contributed by atoms with Crippen LogP contribution in [0.2, 0.25) is 0 Å². The average molecular weight is 529 g/mol. The molecule has 208 valence electrons. The van der Waals surface area contributed by atoms with Gasteiger partial charge in [0.2, 0.25) is 11.9 Å². The lowest BCUT2D eigenvalue weighted by Gasteiger charge is -2.32. The molecule has 0 bridgehead atoms. The van der Waals surface area contributed by atoms with Crippen LogP contribution in [0.1, 0.15) is 78.2 Å². The smallest absolute Gasteiger partial charge is 0.410 e. The number of carbonyl (C=O) groups excluding carboxylic acids is 2. The van der Waals surface area contributed by atoms with E-state index in [1.165, 1.54) is 0 Å². The summed E-state index contributed by atoms with van der Waals surface area (Å²) in [4.78, 5) is 38.0. The van der Waals surface area contributed by atoms with Gasteiger partial charge in [-0.3, -0.25) is 0 Å². The third kappa shape index (κ3) is 6.21. The van der Waals surface area contributed by atoms with E-state index in [2.05, 4.69) is 29.6 Å². The number of nitrogens with zero attached hydrogens (tertiary/aromatic N) is 6. The number of carbonyl (C=O) groups is 2. The van der Waals surface area contributed by atoms with Crippen LogP contribution in [-0.4, -0.2) is 91.5 Å². The fraction of sp³-hybridized carbons (Fsp3) is 0.731. The van der Waals surface area contributed by atoms with Gasteiger partial charge >= 0.3 is 12.2 Å². The topological polar surface area (TPSA) is 126 Å². The lowest BCUT2D eigenvalue weighted by molar-refractivity contribution is 0.0235. The van der Waals surface area contributed by atoms with Gasteiger partial charge in [0.15, 0.2) is 5.65 Å². The van der Waals surface area contributed by atoms with Crippen molar-refractivity contribution < 1.29 is 19.1 Å². The van der Waals surface area contributed by atoms with Gasteiger partial charge in [-0.05, 0) is 52.4 Å². The predicted octanol–water partition coefficient (Wildman–Crippen LogP) is 3.84. The summed E-state index contributed by atoms with van der Waals surface area (Å²) in [5.41, 5.74) is 1.35. The minimum atomic E-state index is -0.550. The van der Waals surface area contributed by atoms with E-state index in [9.17, 15) is 9.59 Å². The highest BCUT2D eigenvalue weighted by Crippen LogP contribution is 2.27. The van der Waals surface area contributed by atoms with Gasteiger partial charge in [-0.25, -0.2) is 9.59 Å². The molecule has 2 amide bonds. The van der Waals surface area contributed by atoms with Crippen LogP contribution in [0.4, 0.5) is 21.5 Å². The van der Waals surface area contributed by atoms with Crippen molar-refractivity contribution in [2.75, 3.05) is 36.8 Å². The monoisotopic (exact) mass is 528 g/mol. The Kier molecular flexibility index (Phi) is 7.23. The molecule has 2 aromatic rings. The SMILES string of the molecule is CC(C)c1cnn2c(NC3CCN(C(=O)O[C@H]4CCN(C(=O)OC(C)(C)C)C4)CC3)nc(NC3CC3)nc12. The highest BCUT2D eigenvalue weighted by molar-refractivity contribution is 5.70. The zero-order valence-electron chi connectivity index (χ0n) is 23.1. The first kappa shape index (κ1) is 26.3. The van der Waals surface area contributed by atoms with Crippen LogP contribution in [-0.2, 0) is 9.47 Å². The van der Waals surface area contributed by atoms with E-state index in [0.717, 1.165) is 36.9 Å². The molecule has 12 heteroatoms. The third-order valence-electron chi connectivity index (χ3n) is 7.08. The lowest BCUT2D eigenvalue weighted by atomic mass is 10.1. The fourth-order valence-corrected chi connectivity index (χ4v) is 4.79. The van der Waals surface area contributed by atoms with Crippen molar-refractivity contribution in [2.24, 2.45) is 0 Å². The zero-order chi connectivity index (χ0) is 27.0. The molecule has 4 heterocycles. The summed E-state index contributed by atoms with van der Waals surface area (Å²) in [6, 6.07) is 0.591. The molecule has 2 aromatic heterocycles. The Hall–Kier alpha value is -3.31. The molecule has 3 fully saturated rings. The van der Waals surface area contributed by atoms with Crippen molar-refractivity contribution in [3.8, 4) is 0 Å². The molecule has 0 spiro atoms. The highest BCUT2D eigenvalue weighted by Gasteiger charge is 2.34. The molecule has 2 aliphatic heterocycles. The average Bonchev–Trinajstić information content (AvgIpc) is 3.34. The van der Waals surface area contributed by atoms with Gasteiger partial charge in [-0.15, -0.1) is 0 Å². The Morgan fingerprint density at radius 2 is 1.63 bits per heavy atom. The second kappa shape index (κ2) is 10.5. The van der Waals surface area contributed by atoms with E-state index in [4.69, 9.17) is 19.4 Å². The minimum absolute atomic E-state index is 0.145. The Morgan fingerprint density at radius 3 is 2.29 bits per heavy atom. The van der Waals surface area contributed by atoms with Crippen LogP contribution >= 0.6 is 0 Å². The van der Waals surface area contributed by atoms with Crippen LogP contribution in [0.3, 0.4) is 0 Å². The van der Waals surface area contributed by atoms with E-state index in [1.807, 2.05) is 27.0 Å². The van der Waals surface area contributed by atoms with E-state index in [0.29, 0.717) is 56.5 Å². The number of anilines is 2. The summed E-state index contributed by atoms with van der Waals surface area (Å²) in [5.74, 6) is 1.59. The van der Waals surface area contributed by atoms with E-state index >= 15 is 0 Å². The molecule has 2 saturated heterocycles. The van der Waals surface area contributed by atoms with Gasteiger partial charge in [-0.2, -0.15) is 19.6 Å². The molecule has 12 nitrogen and oxygen atoms in total. The van der Waals surface area contributed by atoms with Gasteiger partial charge in [-0.1, -0.05) is 13.8 Å². The van der Waals surface area contributed by atoms with Crippen LogP contribution in [0.15, 0.2) is 6.20 Å². The second-order valence-corrected chi connectivity index (χ2v) is 11.9. The van der Waals surface area contributed by atoms with Gasteiger partial charge in [0.05, 0.1) is 12.7 Å². The number of aromatic nitrogens is 4. The zero-order valence-corrected chi connectivity index (χ0v) is 23.1. The molecule has 2 N–H and O–H groups in total. The molecule has 3 aliphatic rings. The first-order valence-corrected chi connectivity index (χ1v) is 13.8. The maximum absolute atomic E-state index is 12.8. The molecule has 0 radical (unpaired) electrons. The van der Waals surface area contributed by atoms with Crippen molar-refractivity contribution in [3.05, 3.63) is 11.8 Å². The highest BCUT2D eigenvalue weighted by atomic mass is 16.6. The Morgan fingerprint density at radius 1 is 0.947 bits per heavy atom. The number of nitrogens with one attached hydrogen (secondary N) is 2. The second-order valence-electron chi connectivity index (χ2n) is 11.9. The van der Waals surface area contributed by atoms with Crippen molar-refractivity contribution in [1.29, 1.82) is 0 Å². The summed E-state index contributed by atoms with van der Waals surface area (Å²) in [5, 5.41) is 11.5. The Bertz CT molecular complexity index is 1160. The quantitative estimate of drug-likeness (QED) is 0.575. The molecule has 1 aliphatic carbocycles. The number of ether oxygens (including phenoxy) is 2. The number of fused-ring (bicyclic) bond motifs is 1. The summed E-state index contributed by atoms with van der Waals surface area (Å²) in [6.07, 6.45) is 5.29. The lowest BCUT2D eigenvalue weighted by Crippen LogP contribution is -2.44. The summed E-state index contributed by atoms with van der Waals surface area (Å²) >= 11 is 0. The third-order valence-corrected chi connectivity index (χ3v) is 7.08. The number of rotatable bonds is 6. The molecule has 38 heavy (non-hydrogen) atoms. The number of likely N-dealkylation sites (tertiary alicyclic amines) is 2. The van der Waals surface area contributed by atoms with E-state index < -0.39 is 5.60 Å². The van der Waals surface area contributed by atoms with Gasteiger partial charge < -0.3 is 29.9 Å². The van der Waals surface area contributed by atoms with Gasteiger partial charge in [0.1, 0.15) is 11.7 Å². The van der Waals surface area contributed by atoms with Crippen LogP contribution in [0.25, 0.3) is 5.65 Å². The number of amides is 2. The largest absolute Gasteiger partial charge is 0.444 e. The van der Waals surface area contributed by atoms with Crippen LogP contribution in [0, 0.1) is 0 Å². The summed E-state index contributed by atoms with van der Waals surface area (Å²) in [6.45, 7) is 11.8. The number of hydrogen-bond acceptors (Lipinski definition) is 9. The Balaban J connectivity index is 1.15. The molecule has 0 aromatic carbocycles. The number of hydrogen-bond donors (Lipinski definition) is 2. The van der Waals surface area contributed by atoms with Crippen molar-refractivity contribution in [3.63, 3.8) is 0 Å². The molecular formula is C26H40N8O4. The molecule has 1 atom stereocenters. The standard InChI is InChI=1S/C26H40N8O4/c1-16(2)20-14-27-34-21(20)30-22(28-17-6-7-17)31-23(34)29-18-8-11-32(12-9-18)24(35)37-19-10-13-33(15-19)25(36)38-26(3,4)5/h14,16-19H,6-13,15H2,1-5H3,(H2,28,29,30,31)/t19-/m0/s1. The van der Waals surface area contributed by atoms with Crippen molar-refractivity contribution in [1.82, 2.24) is 29.4 Å². The first-order chi connectivity index (χ1) is 18.1. The number of piperidine rings is 1. The van der Waals surface area contributed by atoms with Crippen molar-refractivity contribution in [2.45, 2.75) is 96.4 Å². The van der Waals surface area contributed by atoms with Crippen LogP contribution < -0.4 is 10.6 Å². The van der Waals surface area contributed by atoms with Crippen molar-refractivity contribution >= 4 is 29.7 Å². The Labute approximate surface area is 223 Å². The summed E-state index contributed by atoms with van der Waals surface area (Å²) in [7, 11) is 0. The van der Waals surface area contributed by atoms with Gasteiger partial charge in [0, 0.05) is 43.7 Å². The molecule has 0 unspecified atom stereocenters. The van der Waals surface area contributed by atoms with Gasteiger partial charge in [0.25, 0.3) is 0 Å². The van der Waals surface area contributed by atoms with E-state index in [-0.39, 0.29) is 24.3 Å². The minimum Gasteiger partial charge on any atom is -0.444 e. The maximum Gasteiger partial charge on any atom is 0.410 e. The normalized spacial score (nSPS) is 20.7. The first-order valence-electron chi connectivity index (χ1n) is 13.8. The fourth-order valence-electron chi connectivity index (χ4n) is 4.79. The predicted molar refractivity (Wildman–Crippen MR) is 142 cm³/mol. The maximum atomic E-state index is 12.8. The van der Waals surface area contributed by atoms with E-state index in [1.54, 1.807) is 14.3 Å². The molecule has 1 saturated carbocycles. The molecular weight excluding hydrogens is 488 g/mol. The van der Waals surface area contributed by atoms with Crippen LogP contribution in [0.5, 0.6) is 0 Å². The molecule has 5 rings (SSSR count).